The SMILES string of the molecule is CC1CN(Cc2ccn(-c3ccc(F)cc3F)n2)CCN1CCO. The maximum absolute atomic E-state index is 13.8. The number of halogens is 2. The van der Waals surface area contributed by atoms with Gasteiger partial charge in [-0.25, -0.2) is 13.5 Å². The van der Waals surface area contributed by atoms with Crippen molar-refractivity contribution in [3.05, 3.63) is 47.8 Å². The lowest BCUT2D eigenvalue weighted by atomic mass is 10.2. The van der Waals surface area contributed by atoms with E-state index in [0.29, 0.717) is 19.1 Å². The lowest BCUT2D eigenvalue weighted by molar-refractivity contribution is 0.0641. The van der Waals surface area contributed by atoms with E-state index in [1.165, 1.54) is 16.8 Å². The number of piperazine rings is 1. The first-order chi connectivity index (χ1) is 11.6. The van der Waals surface area contributed by atoms with Gasteiger partial charge in [-0.2, -0.15) is 5.10 Å². The summed E-state index contributed by atoms with van der Waals surface area (Å²) >= 11 is 0. The smallest absolute Gasteiger partial charge is 0.151 e. The molecule has 0 aliphatic carbocycles. The molecule has 3 rings (SSSR count). The second-order valence-corrected chi connectivity index (χ2v) is 6.19. The highest BCUT2D eigenvalue weighted by Gasteiger charge is 2.23. The Bertz CT molecular complexity index is 691. The van der Waals surface area contributed by atoms with Crippen molar-refractivity contribution < 1.29 is 13.9 Å². The third kappa shape index (κ3) is 3.80. The van der Waals surface area contributed by atoms with Crippen molar-refractivity contribution >= 4 is 0 Å². The molecule has 1 aromatic carbocycles. The predicted molar refractivity (Wildman–Crippen MR) is 86.9 cm³/mol. The second kappa shape index (κ2) is 7.38. The number of nitrogens with zero attached hydrogens (tertiary/aromatic N) is 4. The third-order valence-electron chi connectivity index (χ3n) is 4.42. The Kier molecular flexibility index (Phi) is 5.23. The van der Waals surface area contributed by atoms with Crippen molar-refractivity contribution in [3.63, 3.8) is 0 Å². The largest absolute Gasteiger partial charge is 0.395 e. The number of hydrogen-bond donors (Lipinski definition) is 1. The lowest BCUT2D eigenvalue weighted by Crippen LogP contribution is -2.52. The Labute approximate surface area is 140 Å². The molecule has 1 N–H and O–H groups in total. The lowest BCUT2D eigenvalue weighted by Gasteiger charge is -2.39. The fraction of sp³-hybridized carbons (Fsp3) is 0.471. The zero-order valence-corrected chi connectivity index (χ0v) is 13.7. The van der Waals surface area contributed by atoms with Crippen molar-refractivity contribution in [1.29, 1.82) is 0 Å². The van der Waals surface area contributed by atoms with Crippen LogP contribution in [0.4, 0.5) is 8.78 Å². The molecule has 1 fully saturated rings. The van der Waals surface area contributed by atoms with Crippen LogP contribution in [0, 0.1) is 11.6 Å². The van der Waals surface area contributed by atoms with E-state index in [-0.39, 0.29) is 12.3 Å². The molecule has 2 aromatic rings. The van der Waals surface area contributed by atoms with Crippen molar-refractivity contribution in [1.82, 2.24) is 19.6 Å². The normalized spacial score (nSPS) is 19.8. The van der Waals surface area contributed by atoms with Gasteiger partial charge in [0.25, 0.3) is 0 Å². The Morgan fingerprint density at radius 3 is 2.79 bits per heavy atom. The maximum Gasteiger partial charge on any atom is 0.151 e. The molecule has 1 aromatic heterocycles. The van der Waals surface area contributed by atoms with E-state index in [0.717, 1.165) is 31.4 Å². The van der Waals surface area contributed by atoms with E-state index >= 15 is 0 Å². The highest BCUT2D eigenvalue weighted by molar-refractivity contribution is 5.33. The van der Waals surface area contributed by atoms with Crippen LogP contribution in [0.1, 0.15) is 12.6 Å². The van der Waals surface area contributed by atoms with E-state index in [9.17, 15) is 8.78 Å². The molecule has 1 saturated heterocycles. The molecule has 130 valence electrons. The van der Waals surface area contributed by atoms with Crippen molar-refractivity contribution in [2.75, 3.05) is 32.8 Å². The highest BCUT2D eigenvalue weighted by Crippen LogP contribution is 2.16. The number of rotatable bonds is 5. The molecule has 24 heavy (non-hydrogen) atoms. The van der Waals surface area contributed by atoms with E-state index in [2.05, 4.69) is 21.8 Å². The summed E-state index contributed by atoms with van der Waals surface area (Å²) in [5.41, 5.74) is 1.09. The van der Waals surface area contributed by atoms with Gasteiger partial charge in [-0.05, 0) is 25.1 Å². The monoisotopic (exact) mass is 336 g/mol. The van der Waals surface area contributed by atoms with Crippen LogP contribution in [0.25, 0.3) is 5.69 Å². The first kappa shape index (κ1) is 17.0. The molecular weight excluding hydrogens is 314 g/mol. The molecule has 1 aliphatic rings. The van der Waals surface area contributed by atoms with E-state index in [4.69, 9.17) is 5.11 Å². The zero-order valence-electron chi connectivity index (χ0n) is 13.7. The fourth-order valence-corrected chi connectivity index (χ4v) is 3.15. The number of hydrogen-bond acceptors (Lipinski definition) is 4. The number of aromatic nitrogens is 2. The van der Waals surface area contributed by atoms with Crippen LogP contribution in [-0.2, 0) is 6.54 Å². The summed E-state index contributed by atoms with van der Waals surface area (Å²) in [6, 6.07) is 5.70. The van der Waals surface area contributed by atoms with E-state index in [1.54, 1.807) is 6.20 Å². The summed E-state index contributed by atoms with van der Waals surface area (Å²) in [4.78, 5) is 4.56. The molecule has 0 spiro atoms. The van der Waals surface area contributed by atoms with Crippen LogP contribution >= 0.6 is 0 Å². The van der Waals surface area contributed by atoms with Gasteiger partial charge in [0.05, 0.1) is 12.3 Å². The van der Waals surface area contributed by atoms with Crippen LogP contribution in [0.2, 0.25) is 0 Å². The third-order valence-corrected chi connectivity index (χ3v) is 4.42. The molecule has 0 radical (unpaired) electrons. The summed E-state index contributed by atoms with van der Waals surface area (Å²) in [5.74, 6) is -1.23. The molecule has 0 bridgehead atoms. The molecule has 7 heteroatoms. The molecule has 1 unspecified atom stereocenters. The van der Waals surface area contributed by atoms with Crippen LogP contribution in [0.5, 0.6) is 0 Å². The van der Waals surface area contributed by atoms with Crippen molar-refractivity contribution in [3.8, 4) is 5.69 Å². The molecule has 2 heterocycles. The van der Waals surface area contributed by atoms with Gasteiger partial charge in [0, 0.05) is 51.0 Å². The van der Waals surface area contributed by atoms with Gasteiger partial charge in [0.2, 0.25) is 0 Å². The molecule has 0 saturated carbocycles. The summed E-state index contributed by atoms with van der Waals surface area (Å²) in [7, 11) is 0. The average molecular weight is 336 g/mol. The number of aliphatic hydroxyl groups is 1. The van der Waals surface area contributed by atoms with Crippen LogP contribution < -0.4 is 0 Å². The summed E-state index contributed by atoms with van der Waals surface area (Å²) < 4.78 is 28.3. The van der Waals surface area contributed by atoms with Gasteiger partial charge in [-0.15, -0.1) is 0 Å². The van der Waals surface area contributed by atoms with E-state index in [1.807, 2.05) is 6.07 Å². The van der Waals surface area contributed by atoms with Gasteiger partial charge in [-0.1, -0.05) is 0 Å². The van der Waals surface area contributed by atoms with Crippen molar-refractivity contribution in [2.24, 2.45) is 0 Å². The minimum Gasteiger partial charge on any atom is -0.395 e. The summed E-state index contributed by atoms with van der Waals surface area (Å²) in [6.07, 6.45) is 1.69. The molecule has 5 nitrogen and oxygen atoms in total. The number of benzene rings is 1. The van der Waals surface area contributed by atoms with Crippen LogP contribution in [-0.4, -0.2) is 63.5 Å². The van der Waals surface area contributed by atoms with E-state index < -0.39 is 11.6 Å². The Balaban J connectivity index is 1.64. The first-order valence-corrected chi connectivity index (χ1v) is 8.14. The fourth-order valence-electron chi connectivity index (χ4n) is 3.15. The van der Waals surface area contributed by atoms with Gasteiger partial charge >= 0.3 is 0 Å². The first-order valence-electron chi connectivity index (χ1n) is 8.14. The Morgan fingerprint density at radius 2 is 2.08 bits per heavy atom. The topological polar surface area (TPSA) is 44.5 Å². The Hall–Kier alpha value is -1.83. The summed E-state index contributed by atoms with van der Waals surface area (Å²) in [6.45, 7) is 6.43. The minimum absolute atomic E-state index is 0.179. The quantitative estimate of drug-likeness (QED) is 0.902. The maximum atomic E-state index is 13.8. The Morgan fingerprint density at radius 1 is 1.25 bits per heavy atom. The number of β-amino-alcohol motifs (C(OH)–C–C–N with tert-alkyl or cyclic N) is 1. The van der Waals surface area contributed by atoms with Crippen LogP contribution in [0.3, 0.4) is 0 Å². The van der Waals surface area contributed by atoms with Crippen molar-refractivity contribution in [2.45, 2.75) is 19.5 Å². The van der Waals surface area contributed by atoms with Gasteiger partial charge < -0.3 is 5.11 Å². The van der Waals surface area contributed by atoms with Gasteiger partial charge in [-0.3, -0.25) is 9.80 Å². The van der Waals surface area contributed by atoms with Gasteiger partial charge in [0.1, 0.15) is 11.5 Å². The van der Waals surface area contributed by atoms with Crippen LogP contribution in [0.15, 0.2) is 30.5 Å². The predicted octanol–water partition coefficient (Wildman–Crippen LogP) is 1.65. The molecular formula is C17H22F2N4O. The number of aliphatic hydroxyl groups excluding tert-OH is 1. The van der Waals surface area contributed by atoms with Gasteiger partial charge in [0.15, 0.2) is 5.82 Å². The zero-order chi connectivity index (χ0) is 17.1. The molecule has 1 atom stereocenters. The summed E-state index contributed by atoms with van der Waals surface area (Å²) in [5, 5.41) is 13.5. The second-order valence-electron chi connectivity index (χ2n) is 6.19. The minimum atomic E-state index is -0.629. The average Bonchev–Trinajstić information content (AvgIpc) is 2.98. The molecule has 1 aliphatic heterocycles. The highest BCUT2D eigenvalue weighted by atomic mass is 19.1. The molecule has 0 amide bonds. The standard InChI is InChI=1S/C17H22F2N4O/c1-13-11-21(6-7-22(13)8-9-24)12-15-4-5-23(20-15)17-3-2-14(18)10-16(17)19/h2-5,10,13,24H,6-9,11-12H2,1H3.